The second kappa shape index (κ2) is 7.05. The Morgan fingerprint density at radius 1 is 1.18 bits per heavy atom. The second-order valence-electron chi connectivity index (χ2n) is 7.46. The van der Waals surface area contributed by atoms with Crippen LogP contribution in [-0.4, -0.2) is 52.3 Å². The Labute approximate surface area is 183 Å². The van der Waals surface area contributed by atoms with E-state index in [-0.39, 0.29) is 35.3 Å². The third-order valence-electron chi connectivity index (χ3n) is 5.42. The molecule has 5 heterocycles. The van der Waals surface area contributed by atoms with Crippen LogP contribution in [0.4, 0.5) is 8.78 Å². The summed E-state index contributed by atoms with van der Waals surface area (Å²) >= 11 is 0. The maximum Gasteiger partial charge on any atom is 0.312 e. The SMILES string of the molecule is Cn1ccc(-c2nnc(C(=O)N3CCc4[nH]cnc4[C@H]3c3nc4c(F)ccc(F)c4o3)o2)n1. The van der Waals surface area contributed by atoms with Crippen LogP contribution in [0.5, 0.6) is 0 Å². The molecule has 0 radical (unpaired) electrons. The van der Waals surface area contributed by atoms with Crippen LogP contribution in [0.15, 0.2) is 39.6 Å². The summed E-state index contributed by atoms with van der Waals surface area (Å²) in [4.78, 5) is 26.2. The molecule has 13 heteroatoms. The molecule has 0 fully saturated rings. The van der Waals surface area contributed by atoms with Gasteiger partial charge in [-0.3, -0.25) is 9.48 Å². The van der Waals surface area contributed by atoms with Crippen LogP contribution >= 0.6 is 0 Å². The number of carbonyl (C=O) groups is 1. The largest absolute Gasteiger partial charge is 0.435 e. The number of oxazole rings is 1. The first-order chi connectivity index (χ1) is 16.0. The number of hydrogen-bond donors (Lipinski definition) is 1. The predicted octanol–water partition coefficient (Wildman–Crippen LogP) is 2.40. The van der Waals surface area contributed by atoms with Crippen molar-refractivity contribution in [2.45, 2.75) is 12.5 Å². The summed E-state index contributed by atoms with van der Waals surface area (Å²) < 4.78 is 41.2. The van der Waals surface area contributed by atoms with Gasteiger partial charge in [-0.15, -0.1) is 10.2 Å². The zero-order valence-corrected chi connectivity index (χ0v) is 17.0. The summed E-state index contributed by atoms with van der Waals surface area (Å²) in [6.45, 7) is 0.226. The van der Waals surface area contributed by atoms with E-state index >= 15 is 0 Å². The molecule has 1 aliphatic heterocycles. The highest BCUT2D eigenvalue weighted by atomic mass is 19.1. The van der Waals surface area contributed by atoms with Gasteiger partial charge in [0.2, 0.25) is 5.89 Å². The first kappa shape index (κ1) is 19.3. The Kier molecular flexibility index (Phi) is 4.12. The van der Waals surface area contributed by atoms with Gasteiger partial charge in [0.1, 0.15) is 11.2 Å². The molecule has 0 unspecified atom stereocenters. The van der Waals surface area contributed by atoms with Gasteiger partial charge in [0, 0.05) is 31.9 Å². The Bertz CT molecular complexity index is 1480. The van der Waals surface area contributed by atoms with Gasteiger partial charge < -0.3 is 18.7 Å². The fourth-order valence-electron chi connectivity index (χ4n) is 3.89. The zero-order valence-electron chi connectivity index (χ0n) is 17.0. The van der Waals surface area contributed by atoms with Crippen molar-refractivity contribution in [3.63, 3.8) is 0 Å². The number of rotatable bonds is 3. The summed E-state index contributed by atoms with van der Waals surface area (Å²) in [7, 11) is 1.73. The number of imidazole rings is 1. The molecular formula is C20H14F2N8O3. The lowest BCUT2D eigenvalue weighted by Gasteiger charge is -2.31. The number of aryl methyl sites for hydroxylation is 1. The van der Waals surface area contributed by atoms with Crippen molar-refractivity contribution in [3.05, 3.63) is 65.5 Å². The maximum absolute atomic E-state index is 14.2. The summed E-state index contributed by atoms with van der Waals surface area (Å²) in [5, 5.41) is 11.9. The van der Waals surface area contributed by atoms with E-state index in [1.54, 1.807) is 24.0 Å². The van der Waals surface area contributed by atoms with Crippen LogP contribution in [0.25, 0.3) is 22.7 Å². The molecule has 1 aromatic carbocycles. The van der Waals surface area contributed by atoms with E-state index in [9.17, 15) is 13.6 Å². The smallest absolute Gasteiger partial charge is 0.312 e. The molecule has 0 aliphatic carbocycles. The standard InChI is InChI=1S/C20H14F2N8O3/c1-29-6-4-12(28-29)17-26-27-19(33-17)20(31)30-7-5-11-14(24-8-23-11)15(30)18-25-13-9(21)2-3-10(22)16(13)32-18/h2-4,6,8,15H,5,7H2,1H3,(H,23,24)/t15-/m0/s1. The molecule has 166 valence electrons. The average molecular weight is 452 g/mol. The van der Waals surface area contributed by atoms with Crippen molar-refractivity contribution in [2.24, 2.45) is 7.05 Å². The molecule has 6 rings (SSSR count). The topological polar surface area (TPSA) is 132 Å². The van der Waals surface area contributed by atoms with E-state index in [4.69, 9.17) is 8.83 Å². The summed E-state index contributed by atoms with van der Waals surface area (Å²) in [5.74, 6) is -2.38. The third kappa shape index (κ3) is 3.00. The highest BCUT2D eigenvalue weighted by Gasteiger charge is 2.40. The fraction of sp³-hybridized carbons (Fsp3) is 0.200. The van der Waals surface area contributed by atoms with E-state index in [0.717, 1.165) is 17.8 Å². The van der Waals surface area contributed by atoms with Gasteiger partial charge in [-0.25, -0.2) is 18.7 Å². The summed E-state index contributed by atoms with van der Waals surface area (Å²) in [6, 6.07) is 2.63. The molecule has 0 spiro atoms. The minimum atomic E-state index is -0.955. The number of aromatic nitrogens is 7. The van der Waals surface area contributed by atoms with Gasteiger partial charge in [0.05, 0.1) is 12.0 Å². The van der Waals surface area contributed by atoms with Crippen molar-refractivity contribution >= 4 is 17.0 Å². The number of hydrogen-bond acceptors (Lipinski definition) is 8. The Morgan fingerprint density at radius 2 is 2.03 bits per heavy atom. The van der Waals surface area contributed by atoms with Crippen molar-refractivity contribution in [2.75, 3.05) is 6.54 Å². The molecular weight excluding hydrogens is 438 g/mol. The van der Waals surface area contributed by atoms with Gasteiger partial charge in [-0.1, -0.05) is 0 Å². The number of fused-ring (bicyclic) bond motifs is 2. The number of aromatic amines is 1. The minimum Gasteiger partial charge on any atom is -0.435 e. The van der Waals surface area contributed by atoms with E-state index in [2.05, 4.69) is 30.2 Å². The van der Waals surface area contributed by atoms with Crippen LogP contribution in [0, 0.1) is 11.6 Å². The van der Waals surface area contributed by atoms with E-state index in [1.807, 2.05) is 0 Å². The molecule has 1 aliphatic rings. The van der Waals surface area contributed by atoms with Crippen molar-refractivity contribution in [3.8, 4) is 11.6 Å². The molecule has 1 N–H and O–H groups in total. The molecule has 4 aromatic heterocycles. The third-order valence-corrected chi connectivity index (χ3v) is 5.42. The Morgan fingerprint density at radius 3 is 2.82 bits per heavy atom. The fourth-order valence-corrected chi connectivity index (χ4v) is 3.89. The van der Waals surface area contributed by atoms with Crippen molar-refractivity contribution in [1.82, 2.24) is 39.8 Å². The molecule has 11 nitrogen and oxygen atoms in total. The number of nitrogens with zero attached hydrogens (tertiary/aromatic N) is 7. The number of amides is 1. The first-order valence-electron chi connectivity index (χ1n) is 9.90. The van der Waals surface area contributed by atoms with Gasteiger partial charge in [0.15, 0.2) is 23.3 Å². The van der Waals surface area contributed by atoms with Gasteiger partial charge in [-0.2, -0.15) is 5.10 Å². The molecule has 0 bridgehead atoms. The summed E-state index contributed by atoms with van der Waals surface area (Å²) in [6.07, 6.45) is 3.63. The molecule has 1 amide bonds. The van der Waals surface area contributed by atoms with Crippen LogP contribution < -0.4 is 0 Å². The molecule has 33 heavy (non-hydrogen) atoms. The minimum absolute atomic E-state index is 0.0824. The first-order valence-corrected chi connectivity index (χ1v) is 9.90. The lowest BCUT2D eigenvalue weighted by atomic mass is 10.0. The van der Waals surface area contributed by atoms with Crippen LogP contribution in [0.1, 0.15) is 34.0 Å². The van der Waals surface area contributed by atoms with E-state index < -0.39 is 23.6 Å². The summed E-state index contributed by atoms with van der Waals surface area (Å²) in [5.41, 5.74) is 1.02. The molecule has 0 saturated carbocycles. The van der Waals surface area contributed by atoms with Gasteiger partial charge in [0.25, 0.3) is 5.89 Å². The second-order valence-corrected chi connectivity index (χ2v) is 7.46. The molecule has 5 aromatic rings. The van der Waals surface area contributed by atoms with Gasteiger partial charge >= 0.3 is 11.8 Å². The predicted molar refractivity (Wildman–Crippen MR) is 106 cm³/mol. The Hall–Kier alpha value is -4.42. The van der Waals surface area contributed by atoms with Crippen molar-refractivity contribution < 1.29 is 22.4 Å². The molecule has 0 saturated heterocycles. The maximum atomic E-state index is 14.2. The molecule has 1 atom stereocenters. The quantitative estimate of drug-likeness (QED) is 0.441. The van der Waals surface area contributed by atoms with Gasteiger partial charge in [-0.05, 0) is 18.2 Å². The lowest BCUT2D eigenvalue weighted by Crippen LogP contribution is -2.41. The lowest BCUT2D eigenvalue weighted by molar-refractivity contribution is 0.0627. The number of halogens is 2. The highest BCUT2D eigenvalue weighted by Crippen LogP contribution is 2.36. The number of nitrogens with one attached hydrogen (secondary N) is 1. The normalized spacial score (nSPS) is 15.8. The zero-order chi connectivity index (χ0) is 22.7. The highest BCUT2D eigenvalue weighted by molar-refractivity contribution is 5.90. The number of carbonyl (C=O) groups excluding carboxylic acids is 1. The Balaban J connectivity index is 1.42. The van der Waals surface area contributed by atoms with Crippen molar-refractivity contribution in [1.29, 1.82) is 0 Å². The number of H-pyrrole nitrogens is 1. The van der Waals surface area contributed by atoms with Crippen LogP contribution in [0.3, 0.4) is 0 Å². The van der Waals surface area contributed by atoms with Crippen LogP contribution in [0.2, 0.25) is 0 Å². The number of benzene rings is 1. The monoisotopic (exact) mass is 452 g/mol. The van der Waals surface area contributed by atoms with Crippen LogP contribution in [-0.2, 0) is 13.5 Å². The van der Waals surface area contributed by atoms with E-state index in [1.165, 1.54) is 11.2 Å². The van der Waals surface area contributed by atoms with E-state index in [0.29, 0.717) is 17.8 Å². The average Bonchev–Trinajstić information content (AvgIpc) is 3.60.